The van der Waals surface area contributed by atoms with Gasteiger partial charge in [0.15, 0.2) is 0 Å². The highest BCUT2D eigenvalue weighted by Crippen LogP contribution is 2.62. The first kappa shape index (κ1) is 12.2. The van der Waals surface area contributed by atoms with Crippen LogP contribution >= 0.6 is 0 Å². The maximum Gasteiger partial charge on any atom is 0.260 e. The minimum Gasteiger partial charge on any atom is -0.497 e. The molecule has 1 aliphatic carbocycles. The van der Waals surface area contributed by atoms with Gasteiger partial charge in [0.05, 0.1) is 12.5 Å². The van der Waals surface area contributed by atoms with Crippen LogP contribution in [0.2, 0.25) is 0 Å². The quantitative estimate of drug-likeness (QED) is 0.833. The molecule has 1 atom stereocenters. The second kappa shape index (κ2) is 3.60. The predicted molar refractivity (Wildman–Crippen MR) is 53.2 cm³/mol. The Bertz CT molecular complexity index is 440. The molecule has 1 saturated carbocycles. The van der Waals surface area contributed by atoms with E-state index in [-0.39, 0.29) is 5.75 Å². The van der Waals surface area contributed by atoms with Gasteiger partial charge in [-0.05, 0) is 0 Å². The van der Waals surface area contributed by atoms with Gasteiger partial charge in [-0.15, -0.1) is 0 Å². The van der Waals surface area contributed by atoms with E-state index in [4.69, 9.17) is 5.73 Å². The van der Waals surface area contributed by atoms with Gasteiger partial charge in [0, 0.05) is 30.7 Å². The molecule has 1 aliphatic rings. The molecular formula is C11H11F4NO. The number of hydrogen-bond donors (Lipinski definition) is 1. The topological polar surface area (TPSA) is 35.2 Å². The average molecular weight is 249 g/mol. The Morgan fingerprint density at radius 3 is 2.06 bits per heavy atom. The van der Waals surface area contributed by atoms with E-state index in [0.29, 0.717) is 0 Å². The molecule has 94 valence electrons. The third-order valence-electron chi connectivity index (χ3n) is 3.18. The normalized spacial score (nSPS) is 25.8. The van der Waals surface area contributed by atoms with Crippen LogP contribution in [0.1, 0.15) is 12.0 Å². The Morgan fingerprint density at radius 2 is 1.76 bits per heavy atom. The van der Waals surface area contributed by atoms with Crippen molar-refractivity contribution in [3.05, 3.63) is 29.3 Å². The van der Waals surface area contributed by atoms with Crippen molar-refractivity contribution in [2.75, 3.05) is 13.7 Å². The minimum absolute atomic E-state index is 0.0557. The van der Waals surface area contributed by atoms with E-state index < -0.39 is 41.5 Å². The summed E-state index contributed by atoms with van der Waals surface area (Å²) in [4.78, 5) is 0. The van der Waals surface area contributed by atoms with E-state index in [2.05, 4.69) is 4.74 Å². The predicted octanol–water partition coefficient (Wildman–Crippen LogP) is 2.21. The van der Waals surface area contributed by atoms with Gasteiger partial charge in [0.1, 0.15) is 17.4 Å². The first-order valence-corrected chi connectivity index (χ1v) is 4.99. The molecule has 2 N–H and O–H groups in total. The molecule has 1 aromatic carbocycles. The second-order valence-electron chi connectivity index (χ2n) is 4.13. The summed E-state index contributed by atoms with van der Waals surface area (Å²) in [7, 11) is 1.23. The monoisotopic (exact) mass is 249 g/mol. The van der Waals surface area contributed by atoms with Crippen LogP contribution in [0, 0.1) is 11.6 Å². The van der Waals surface area contributed by atoms with Gasteiger partial charge in [-0.2, -0.15) is 0 Å². The summed E-state index contributed by atoms with van der Waals surface area (Å²) in [6, 6.07) is 1.76. The third-order valence-corrected chi connectivity index (χ3v) is 3.18. The summed E-state index contributed by atoms with van der Waals surface area (Å²) in [5.74, 6) is -5.31. The Labute approximate surface area is 95.4 Å². The highest BCUT2D eigenvalue weighted by atomic mass is 19.3. The van der Waals surface area contributed by atoms with Crippen LogP contribution in [-0.2, 0) is 5.41 Å². The van der Waals surface area contributed by atoms with Crippen molar-refractivity contribution in [1.29, 1.82) is 0 Å². The van der Waals surface area contributed by atoms with Crippen LogP contribution in [0.15, 0.2) is 12.1 Å². The number of nitrogens with two attached hydrogens (primary N) is 1. The molecule has 0 aromatic heterocycles. The molecular weight excluding hydrogens is 238 g/mol. The van der Waals surface area contributed by atoms with Crippen molar-refractivity contribution in [2.24, 2.45) is 5.73 Å². The fourth-order valence-corrected chi connectivity index (χ4v) is 2.05. The molecule has 2 rings (SSSR count). The first-order valence-electron chi connectivity index (χ1n) is 4.99. The number of rotatable bonds is 3. The summed E-state index contributed by atoms with van der Waals surface area (Å²) in [6.07, 6.45) is -0.628. The van der Waals surface area contributed by atoms with Gasteiger partial charge in [0.2, 0.25) is 0 Å². The Balaban J connectivity index is 2.54. The lowest BCUT2D eigenvalue weighted by Gasteiger charge is -2.16. The van der Waals surface area contributed by atoms with Gasteiger partial charge in [-0.25, -0.2) is 17.6 Å². The van der Waals surface area contributed by atoms with Gasteiger partial charge in [-0.3, -0.25) is 0 Å². The van der Waals surface area contributed by atoms with Crippen LogP contribution in [0.25, 0.3) is 0 Å². The summed E-state index contributed by atoms with van der Waals surface area (Å²) in [5.41, 5.74) is 2.68. The van der Waals surface area contributed by atoms with Crippen molar-refractivity contribution in [3.8, 4) is 5.75 Å². The lowest BCUT2D eigenvalue weighted by atomic mass is 9.94. The summed E-state index contributed by atoms with van der Waals surface area (Å²) in [6.45, 7) is -0.500. The molecule has 1 fully saturated rings. The SMILES string of the molecule is COc1cc(F)c(C2(CN)CC2(F)F)c(F)c1. The fourth-order valence-electron chi connectivity index (χ4n) is 2.05. The van der Waals surface area contributed by atoms with Gasteiger partial charge in [0.25, 0.3) is 5.92 Å². The Kier molecular flexibility index (Phi) is 2.57. The number of alkyl halides is 2. The van der Waals surface area contributed by atoms with E-state index in [0.717, 1.165) is 12.1 Å². The zero-order valence-corrected chi connectivity index (χ0v) is 9.07. The van der Waals surface area contributed by atoms with Gasteiger partial charge >= 0.3 is 0 Å². The molecule has 1 aromatic rings. The van der Waals surface area contributed by atoms with E-state index in [1.54, 1.807) is 0 Å². The molecule has 0 radical (unpaired) electrons. The van der Waals surface area contributed by atoms with Crippen molar-refractivity contribution in [3.63, 3.8) is 0 Å². The second-order valence-corrected chi connectivity index (χ2v) is 4.13. The number of ether oxygens (including phenoxy) is 1. The summed E-state index contributed by atoms with van der Waals surface area (Å²) in [5, 5.41) is 0. The molecule has 1 unspecified atom stereocenters. The van der Waals surface area contributed by atoms with Crippen molar-refractivity contribution in [1.82, 2.24) is 0 Å². The van der Waals surface area contributed by atoms with E-state index in [1.807, 2.05) is 0 Å². The largest absolute Gasteiger partial charge is 0.497 e. The lowest BCUT2D eigenvalue weighted by molar-refractivity contribution is 0.0876. The van der Waals surface area contributed by atoms with Crippen molar-refractivity contribution in [2.45, 2.75) is 17.8 Å². The maximum absolute atomic E-state index is 13.7. The molecule has 0 amide bonds. The minimum atomic E-state index is -3.15. The molecule has 2 nitrogen and oxygen atoms in total. The summed E-state index contributed by atoms with van der Waals surface area (Å²) < 4.78 is 58.4. The van der Waals surface area contributed by atoms with Crippen molar-refractivity contribution >= 4 is 0 Å². The molecule has 0 spiro atoms. The van der Waals surface area contributed by atoms with Crippen molar-refractivity contribution < 1.29 is 22.3 Å². The van der Waals surface area contributed by atoms with Crippen LogP contribution < -0.4 is 10.5 Å². The zero-order valence-electron chi connectivity index (χ0n) is 9.07. The summed E-state index contributed by atoms with van der Waals surface area (Å²) >= 11 is 0. The molecule has 0 aliphatic heterocycles. The fraction of sp³-hybridized carbons (Fsp3) is 0.455. The number of methoxy groups -OCH3 is 1. The van der Waals surface area contributed by atoms with Gasteiger partial charge in [-0.1, -0.05) is 0 Å². The van der Waals surface area contributed by atoms with Crippen LogP contribution in [0.4, 0.5) is 17.6 Å². The van der Waals surface area contributed by atoms with Crippen LogP contribution in [-0.4, -0.2) is 19.6 Å². The maximum atomic E-state index is 13.7. The standard InChI is InChI=1S/C11H11F4NO/c1-17-6-2-7(12)9(8(13)3-6)10(5-16)4-11(10,14)15/h2-3H,4-5,16H2,1H3. The lowest BCUT2D eigenvalue weighted by Crippen LogP contribution is -2.29. The number of halogens is 4. The Morgan fingerprint density at radius 1 is 1.29 bits per heavy atom. The first-order chi connectivity index (χ1) is 7.88. The van der Waals surface area contributed by atoms with E-state index in [1.165, 1.54) is 7.11 Å². The molecule has 17 heavy (non-hydrogen) atoms. The number of benzene rings is 1. The highest BCUT2D eigenvalue weighted by molar-refractivity contribution is 5.43. The van der Waals surface area contributed by atoms with Crippen LogP contribution in [0.5, 0.6) is 5.75 Å². The smallest absolute Gasteiger partial charge is 0.260 e. The molecule has 6 heteroatoms. The third kappa shape index (κ3) is 1.58. The molecule has 0 bridgehead atoms. The zero-order chi connectivity index (χ0) is 12.8. The van der Waals surface area contributed by atoms with E-state index in [9.17, 15) is 17.6 Å². The van der Waals surface area contributed by atoms with E-state index >= 15 is 0 Å². The van der Waals surface area contributed by atoms with Crippen LogP contribution in [0.3, 0.4) is 0 Å². The number of hydrogen-bond acceptors (Lipinski definition) is 2. The highest BCUT2D eigenvalue weighted by Gasteiger charge is 2.72. The molecule has 0 saturated heterocycles. The van der Waals surface area contributed by atoms with Gasteiger partial charge < -0.3 is 10.5 Å². The Hall–Kier alpha value is -1.30. The average Bonchev–Trinajstić information content (AvgIpc) is 2.80. The molecule has 0 heterocycles.